The van der Waals surface area contributed by atoms with E-state index in [0.29, 0.717) is 39.7 Å². The SMILES string of the molecule is C[C@@H]1CN([C@@H]2CC[C@@](C(=O)N3COc4c(I)cc(C(F)(F)F)cc4C3)(C3CC3)OC2)CC[C@H]1c1ccc(F)cc1. The van der Waals surface area contributed by atoms with E-state index in [4.69, 9.17) is 9.47 Å². The third-order valence-corrected chi connectivity index (χ3v) is 9.99. The smallest absolute Gasteiger partial charge is 0.416 e. The molecular formula is C30H33F4IN2O3. The number of halogens is 5. The van der Waals surface area contributed by atoms with Crippen molar-refractivity contribution in [2.45, 2.75) is 69.3 Å². The number of alkyl halides is 3. The Hall–Kier alpha value is -1.92. The summed E-state index contributed by atoms with van der Waals surface area (Å²) in [7, 11) is 0. The molecule has 3 aliphatic heterocycles. The normalized spacial score (nSPS) is 29.6. The van der Waals surface area contributed by atoms with Crippen molar-refractivity contribution in [2.24, 2.45) is 11.8 Å². The van der Waals surface area contributed by atoms with Gasteiger partial charge in [-0.3, -0.25) is 9.69 Å². The number of fused-ring (bicyclic) bond motifs is 1. The Bertz CT molecular complexity index is 1260. The highest BCUT2D eigenvalue weighted by molar-refractivity contribution is 14.1. The van der Waals surface area contributed by atoms with Crippen LogP contribution in [0, 0.1) is 21.2 Å². The van der Waals surface area contributed by atoms with Crippen molar-refractivity contribution >= 4 is 28.5 Å². The number of carbonyl (C=O) groups is 1. The number of benzene rings is 2. The van der Waals surface area contributed by atoms with Gasteiger partial charge in [0, 0.05) is 18.2 Å². The molecule has 2 aromatic rings. The fourth-order valence-corrected chi connectivity index (χ4v) is 7.72. The Morgan fingerprint density at radius 3 is 2.48 bits per heavy atom. The van der Waals surface area contributed by atoms with Gasteiger partial charge in [-0.25, -0.2) is 4.39 Å². The lowest BCUT2D eigenvalue weighted by Crippen LogP contribution is -2.59. The molecule has 4 atom stereocenters. The molecule has 0 unspecified atom stereocenters. The van der Waals surface area contributed by atoms with Crippen LogP contribution in [0.3, 0.4) is 0 Å². The highest BCUT2D eigenvalue weighted by atomic mass is 127. The first-order chi connectivity index (χ1) is 19.0. The van der Waals surface area contributed by atoms with Gasteiger partial charge in [0.15, 0.2) is 6.73 Å². The summed E-state index contributed by atoms with van der Waals surface area (Å²) < 4.78 is 66.4. The van der Waals surface area contributed by atoms with E-state index >= 15 is 0 Å². The number of piperidine rings is 1. The quantitative estimate of drug-likeness (QED) is 0.272. The fraction of sp³-hybridized carbons (Fsp3) is 0.567. The summed E-state index contributed by atoms with van der Waals surface area (Å²) in [6.45, 7) is 4.60. The van der Waals surface area contributed by atoms with Crippen LogP contribution in [0.25, 0.3) is 0 Å². The van der Waals surface area contributed by atoms with Crippen molar-refractivity contribution in [3.05, 3.63) is 62.5 Å². The molecule has 0 radical (unpaired) electrons. The number of hydrogen-bond donors (Lipinski definition) is 0. The molecule has 6 rings (SSSR count). The van der Waals surface area contributed by atoms with Crippen molar-refractivity contribution < 1.29 is 31.8 Å². The minimum Gasteiger partial charge on any atom is -0.472 e. The average molecular weight is 673 g/mol. The molecule has 0 N–H and O–H groups in total. The zero-order valence-corrected chi connectivity index (χ0v) is 24.5. The van der Waals surface area contributed by atoms with Crippen LogP contribution in [-0.4, -0.2) is 53.8 Å². The summed E-state index contributed by atoms with van der Waals surface area (Å²) >= 11 is 1.86. The molecule has 40 heavy (non-hydrogen) atoms. The molecule has 0 spiro atoms. The van der Waals surface area contributed by atoms with Gasteiger partial charge in [-0.1, -0.05) is 19.1 Å². The number of rotatable bonds is 4. The van der Waals surface area contributed by atoms with Crippen LogP contribution < -0.4 is 4.74 Å². The Labute approximate surface area is 245 Å². The third kappa shape index (κ3) is 5.35. The number of hydrogen-bond acceptors (Lipinski definition) is 4. The van der Waals surface area contributed by atoms with Gasteiger partial charge >= 0.3 is 6.18 Å². The summed E-state index contributed by atoms with van der Waals surface area (Å²) in [4.78, 5) is 17.9. The van der Waals surface area contributed by atoms with Crippen molar-refractivity contribution in [1.29, 1.82) is 0 Å². The monoisotopic (exact) mass is 672 g/mol. The minimum atomic E-state index is -4.47. The van der Waals surface area contributed by atoms with E-state index in [1.54, 1.807) is 0 Å². The standard InChI is InChI=1S/C30H33F4IN2O3/c1-18-14-36(11-9-25(18)19-2-6-23(31)7-3-19)24-8-10-29(40-16-24,21-4-5-21)28(38)37-15-20-12-22(30(32,33)34)13-26(35)27(20)39-17-37/h2-3,6-7,12-13,18,21,24-25H,4-5,8-11,14-17H2,1H3/t18-,24-,25-,29+/m1/s1. The Balaban J connectivity index is 1.12. The van der Waals surface area contributed by atoms with Crippen LogP contribution >= 0.6 is 22.6 Å². The molecule has 5 nitrogen and oxygen atoms in total. The molecule has 2 aromatic carbocycles. The van der Waals surface area contributed by atoms with Gasteiger partial charge in [0.25, 0.3) is 5.91 Å². The van der Waals surface area contributed by atoms with Crippen LogP contribution in [0.5, 0.6) is 5.75 Å². The van der Waals surface area contributed by atoms with E-state index in [-0.39, 0.29) is 37.0 Å². The first-order valence-electron chi connectivity index (χ1n) is 14.0. The fourth-order valence-electron chi connectivity index (χ4n) is 6.88. The van der Waals surface area contributed by atoms with E-state index in [2.05, 4.69) is 11.8 Å². The molecule has 0 bridgehead atoms. The summed E-state index contributed by atoms with van der Waals surface area (Å²) in [5.41, 5.74) is -0.130. The maximum absolute atomic E-state index is 13.9. The average Bonchev–Trinajstić information content (AvgIpc) is 3.79. The summed E-state index contributed by atoms with van der Waals surface area (Å²) in [5, 5.41) is 0. The van der Waals surface area contributed by atoms with Gasteiger partial charge in [0.05, 0.1) is 22.3 Å². The van der Waals surface area contributed by atoms with E-state index in [9.17, 15) is 22.4 Å². The molecule has 1 aliphatic carbocycles. The Morgan fingerprint density at radius 2 is 1.85 bits per heavy atom. The molecule has 0 aromatic heterocycles. The zero-order valence-electron chi connectivity index (χ0n) is 22.4. The molecule has 3 fully saturated rings. The van der Waals surface area contributed by atoms with Gasteiger partial charge < -0.3 is 14.4 Å². The lowest BCUT2D eigenvalue weighted by molar-refractivity contribution is -0.180. The first-order valence-corrected chi connectivity index (χ1v) is 15.1. The summed E-state index contributed by atoms with van der Waals surface area (Å²) in [5.74, 6) is 0.952. The van der Waals surface area contributed by atoms with E-state index in [1.807, 2.05) is 34.7 Å². The lowest BCUT2D eigenvalue weighted by Gasteiger charge is -2.47. The maximum atomic E-state index is 13.9. The van der Waals surface area contributed by atoms with Crippen molar-refractivity contribution in [1.82, 2.24) is 9.80 Å². The van der Waals surface area contributed by atoms with Gasteiger partial charge in [0.1, 0.15) is 17.2 Å². The summed E-state index contributed by atoms with van der Waals surface area (Å²) in [6.07, 6.45) is -0.230. The molecule has 1 amide bonds. The molecular weight excluding hydrogens is 639 g/mol. The number of nitrogens with zero attached hydrogens (tertiary/aromatic N) is 2. The third-order valence-electron chi connectivity index (χ3n) is 9.19. The molecule has 2 saturated heterocycles. The number of likely N-dealkylation sites (tertiary alicyclic amines) is 1. The van der Waals surface area contributed by atoms with Gasteiger partial charge in [-0.15, -0.1) is 0 Å². The van der Waals surface area contributed by atoms with Gasteiger partial charge in [-0.2, -0.15) is 13.2 Å². The maximum Gasteiger partial charge on any atom is 0.416 e. The van der Waals surface area contributed by atoms with E-state index < -0.39 is 17.3 Å². The Morgan fingerprint density at radius 1 is 1.10 bits per heavy atom. The molecule has 3 heterocycles. The van der Waals surface area contributed by atoms with Crippen LogP contribution in [0.15, 0.2) is 36.4 Å². The largest absolute Gasteiger partial charge is 0.472 e. The van der Waals surface area contributed by atoms with Crippen molar-refractivity contribution in [3.63, 3.8) is 0 Å². The second kappa shape index (κ2) is 10.7. The van der Waals surface area contributed by atoms with E-state index in [1.165, 1.54) is 22.6 Å². The number of amides is 1. The minimum absolute atomic E-state index is 0.00285. The number of ether oxygens (including phenoxy) is 2. The topological polar surface area (TPSA) is 42.0 Å². The van der Waals surface area contributed by atoms with Gasteiger partial charge in [0.2, 0.25) is 0 Å². The lowest BCUT2D eigenvalue weighted by atomic mass is 9.80. The second-order valence-electron chi connectivity index (χ2n) is 11.8. The molecule has 10 heteroatoms. The van der Waals surface area contributed by atoms with E-state index in [0.717, 1.165) is 50.9 Å². The first kappa shape index (κ1) is 28.2. The second-order valence-corrected chi connectivity index (χ2v) is 13.0. The number of carbonyl (C=O) groups excluding carboxylic acids is 1. The van der Waals surface area contributed by atoms with Crippen molar-refractivity contribution in [2.75, 3.05) is 26.4 Å². The molecule has 1 saturated carbocycles. The molecule has 4 aliphatic rings. The summed E-state index contributed by atoms with van der Waals surface area (Å²) in [6, 6.07) is 9.22. The highest BCUT2D eigenvalue weighted by Crippen LogP contribution is 2.49. The Kier molecular flexibility index (Phi) is 7.57. The van der Waals surface area contributed by atoms with Crippen LogP contribution in [0.4, 0.5) is 17.6 Å². The predicted molar refractivity (Wildman–Crippen MR) is 149 cm³/mol. The van der Waals surface area contributed by atoms with Gasteiger partial charge in [-0.05, 0) is 109 Å². The zero-order chi connectivity index (χ0) is 28.2. The highest BCUT2D eigenvalue weighted by Gasteiger charge is 2.56. The molecule has 216 valence electrons. The predicted octanol–water partition coefficient (Wildman–Crippen LogP) is 6.58. The van der Waals surface area contributed by atoms with Crippen LogP contribution in [-0.2, 0) is 22.3 Å². The van der Waals surface area contributed by atoms with Crippen molar-refractivity contribution in [3.8, 4) is 5.75 Å². The van der Waals surface area contributed by atoms with Crippen LogP contribution in [0.2, 0.25) is 0 Å². The van der Waals surface area contributed by atoms with Crippen LogP contribution in [0.1, 0.15) is 61.6 Å².